The summed E-state index contributed by atoms with van der Waals surface area (Å²) in [6.07, 6.45) is 2.84. The molecule has 418 valence electrons. The second-order valence-corrected chi connectivity index (χ2v) is 32.9. The van der Waals surface area contributed by atoms with Gasteiger partial charge in [0.15, 0.2) is 0 Å². The molecule has 0 nitrogen and oxygen atoms in total. The molecule has 1 aliphatic carbocycles. The van der Waals surface area contributed by atoms with Crippen LogP contribution in [0.15, 0.2) is 97.1 Å². The Morgan fingerprint density at radius 3 is 0.679 bits per heavy atom. The van der Waals surface area contributed by atoms with Crippen LogP contribution in [0.4, 0.5) is 0 Å². The Morgan fingerprint density at radius 2 is 0.474 bits per heavy atom. The van der Waals surface area contributed by atoms with Gasteiger partial charge < -0.3 is 0 Å². The Kier molecular flexibility index (Phi) is 15.5. The SMILES string of the molecule is Cc1cc(C(C)(C)C)c(C2(c3c(C(C)(C)C)cc(C)cc3C(C)(C)C)CCCC(c3cc[c]cc3)(c3cc[c]cc3)C2(c2c(C(C)(C)C)cc(C)cc2C(C)(C)C)c2c(C(C)(C)C)cc(C)cc2C(C)(C)C)c(C(C)(C)C)c1. The van der Waals surface area contributed by atoms with Crippen LogP contribution >= 0.6 is 0 Å². The largest absolute Gasteiger partial charge is 0.0575 e. The molecule has 6 aromatic rings. The van der Waals surface area contributed by atoms with Crippen LogP contribution < -0.4 is 0 Å². The van der Waals surface area contributed by atoms with E-state index < -0.39 is 16.2 Å². The Morgan fingerprint density at radius 1 is 0.282 bits per heavy atom. The van der Waals surface area contributed by atoms with E-state index in [2.05, 4.69) is 303 Å². The number of benzene rings is 6. The van der Waals surface area contributed by atoms with Crippen molar-refractivity contribution in [1.82, 2.24) is 0 Å². The summed E-state index contributed by atoms with van der Waals surface area (Å²) in [7, 11) is 0. The van der Waals surface area contributed by atoms with Gasteiger partial charge in [0.2, 0.25) is 0 Å². The summed E-state index contributed by atoms with van der Waals surface area (Å²) in [5.41, 5.74) is 20.9. The Balaban J connectivity index is 2.28. The van der Waals surface area contributed by atoms with E-state index in [0.717, 1.165) is 19.3 Å². The van der Waals surface area contributed by atoms with Gasteiger partial charge in [0.1, 0.15) is 0 Å². The fourth-order valence-corrected chi connectivity index (χ4v) is 14.9. The van der Waals surface area contributed by atoms with Crippen molar-refractivity contribution in [1.29, 1.82) is 0 Å². The fourth-order valence-electron chi connectivity index (χ4n) is 14.9. The van der Waals surface area contributed by atoms with E-state index in [1.165, 1.54) is 100 Å². The summed E-state index contributed by atoms with van der Waals surface area (Å²) in [5.74, 6) is 0. The van der Waals surface area contributed by atoms with Crippen LogP contribution in [0.3, 0.4) is 0 Å². The van der Waals surface area contributed by atoms with E-state index in [9.17, 15) is 0 Å². The van der Waals surface area contributed by atoms with Gasteiger partial charge in [-0.1, -0.05) is 292 Å². The van der Waals surface area contributed by atoms with Gasteiger partial charge in [0.25, 0.3) is 0 Å². The van der Waals surface area contributed by atoms with Crippen LogP contribution in [0, 0.1) is 39.8 Å². The second kappa shape index (κ2) is 19.8. The average Bonchev–Trinajstić information content (AvgIpc) is 2.43. The maximum absolute atomic E-state index is 3.61. The van der Waals surface area contributed by atoms with Crippen molar-refractivity contribution in [3.63, 3.8) is 0 Å². The van der Waals surface area contributed by atoms with Gasteiger partial charge in [0, 0.05) is 16.2 Å². The predicted molar refractivity (Wildman–Crippen MR) is 341 cm³/mol. The topological polar surface area (TPSA) is 0 Å². The van der Waals surface area contributed by atoms with E-state index in [4.69, 9.17) is 0 Å². The fraction of sp³-hybridized carbons (Fsp3) is 0.538. The molecule has 0 heterocycles. The smallest absolute Gasteiger partial charge is 0.0489 e. The molecule has 6 aromatic carbocycles. The molecule has 2 radical (unpaired) electrons. The third-order valence-corrected chi connectivity index (χ3v) is 18.0. The molecule has 0 saturated heterocycles. The summed E-state index contributed by atoms with van der Waals surface area (Å²) >= 11 is 0. The highest BCUT2D eigenvalue weighted by Gasteiger charge is 2.73. The van der Waals surface area contributed by atoms with E-state index in [1.54, 1.807) is 0 Å². The number of hydrogen-bond donors (Lipinski definition) is 0. The normalized spacial score (nSPS) is 16.6. The van der Waals surface area contributed by atoms with Crippen molar-refractivity contribution in [2.45, 2.75) is 273 Å². The first-order valence-electron chi connectivity index (χ1n) is 30.0. The molecule has 1 fully saturated rings. The molecule has 0 atom stereocenters. The lowest BCUT2D eigenvalue weighted by molar-refractivity contribution is 0.110. The van der Waals surface area contributed by atoms with Gasteiger partial charge in [0.05, 0.1) is 0 Å². The molecule has 0 unspecified atom stereocenters. The van der Waals surface area contributed by atoms with Gasteiger partial charge in [-0.3, -0.25) is 0 Å². The first-order chi connectivity index (χ1) is 35.4. The van der Waals surface area contributed by atoms with Gasteiger partial charge in [-0.25, -0.2) is 0 Å². The predicted octanol–water partition coefficient (Wildman–Crippen LogP) is 21.3. The van der Waals surface area contributed by atoms with Crippen LogP contribution in [0.5, 0.6) is 0 Å². The van der Waals surface area contributed by atoms with Crippen LogP contribution in [0.25, 0.3) is 0 Å². The third-order valence-electron chi connectivity index (χ3n) is 18.0. The Bertz CT molecular complexity index is 2820. The van der Waals surface area contributed by atoms with Crippen molar-refractivity contribution < 1.29 is 0 Å². The summed E-state index contributed by atoms with van der Waals surface area (Å²) in [5, 5.41) is 0. The maximum Gasteiger partial charge on any atom is 0.0489 e. The molecule has 0 amide bonds. The second-order valence-electron chi connectivity index (χ2n) is 32.9. The molecule has 0 N–H and O–H groups in total. The number of aryl methyl sites for hydroxylation is 4. The van der Waals surface area contributed by atoms with Crippen LogP contribution in [0.2, 0.25) is 0 Å². The van der Waals surface area contributed by atoms with E-state index in [1.807, 2.05) is 0 Å². The van der Waals surface area contributed by atoms with Crippen molar-refractivity contribution >= 4 is 0 Å². The van der Waals surface area contributed by atoms with Crippen LogP contribution in [-0.2, 0) is 59.6 Å². The molecule has 0 spiro atoms. The number of hydrogen-bond acceptors (Lipinski definition) is 0. The van der Waals surface area contributed by atoms with Crippen molar-refractivity contribution in [3.8, 4) is 0 Å². The summed E-state index contributed by atoms with van der Waals surface area (Å²) in [6.45, 7) is 70.1. The van der Waals surface area contributed by atoms with Crippen molar-refractivity contribution in [2.24, 2.45) is 0 Å². The minimum atomic E-state index is -0.927. The van der Waals surface area contributed by atoms with E-state index in [0.29, 0.717) is 0 Å². The first kappa shape index (κ1) is 61.0. The van der Waals surface area contributed by atoms with E-state index >= 15 is 0 Å². The lowest BCUT2D eigenvalue weighted by atomic mass is 9.32. The first-order valence-corrected chi connectivity index (χ1v) is 30.0. The molecule has 0 aliphatic heterocycles. The molecule has 1 aliphatic rings. The molecule has 78 heavy (non-hydrogen) atoms. The zero-order valence-corrected chi connectivity index (χ0v) is 54.9. The molecule has 1 saturated carbocycles. The van der Waals surface area contributed by atoms with Crippen molar-refractivity contribution in [2.75, 3.05) is 0 Å². The van der Waals surface area contributed by atoms with Gasteiger partial charge >= 0.3 is 0 Å². The zero-order valence-electron chi connectivity index (χ0n) is 54.9. The molecular weight excluding hydrogens is 937 g/mol. The van der Waals surface area contributed by atoms with Gasteiger partial charge in [-0.2, -0.15) is 0 Å². The third kappa shape index (κ3) is 10.3. The lowest BCUT2D eigenvalue weighted by Gasteiger charge is -2.69. The quantitative estimate of drug-likeness (QED) is 0.156. The molecule has 0 bridgehead atoms. The summed E-state index contributed by atoms with van der Waals surface area (Å²) in [6, 6.07) is 47.4. The van der Waals surface area contributed by atoms with Crippen LogP contribution in [0.1, 0.15) is 286 Å². The Labute approximate surface area is 479 Å². The molecule has 0 heteroatoms. The minimum absolute atomic E-state index is 0.266. The minimum Gasteiger partial charge on any atom is -0.0575 e. The van der Waals surface area contributed by atoms with Crippen LogP contribution in [-0.4, -0.2) is 0 Å². The van der Waals surface area contributed by atoms with Gasteiger partial charge in [-0.15, -0.1) is 0 Å². The highest BCUT2D eigenvalue weighted by molar-refractivity contribution is 5.76. The average molecular weight is 1040 g/mol. The lowest BCUT2D eigenvalue weighted by Crippen LogP contribution is -2.69. The monoisotopic (exact) mass is 1040 g/mol. The highest BCUT2D eigenvalue weighted by Crippen LogP contribution is 2.75. The summed E-state index contributed by atoms with van der Waals surface area (Å²) in [4.78, 5) is 0. The summed E-state index contributed by atoms with van der Waals surface area (Å²) < 4.78 is 0. The molecule has 0 aromatic heterocycles. The van der Waals surface area contributed by atoms with E-state index in [-0.39, 0.29) is 43.3 Å². The maximum atomic E-state index is 3.61. The highest BCUT2D eigenvalue weighted by atomic mass is 14.7. The van der Waals surface area contributed by atoms with Gasteiger partial charge in [-0.05, 0) is 174 Å². The number of rotatable bonds is 6. The molecule has 7 rings (SSSR count). The van der Waals surface area contributed by atoms with Crippen molar-refractivity contribution in [3.05, 3.63) is 209 Å². The Hall–Kier alpha value is -4.68. The zero-order chi connectivity index (χ0) is 58.7. The molecular formula is C78H106. The standard InChI is InChI=1S/C78H106/c1-50-42-56(68(5,6)7)64(57(43-50)69(8,9)10)77(65-58(70(11,12)13)44-51(2)45-59(65)71(14,15)16)41-35-40-76(54-36-31-29-32-37-54,55-38-33-30-34-39-55)78(77,66-60(72(17,18)19)46-52(3)47-61(66)73(20,21)22)67-62(74(23,24)25)48-53(4)49-63(67)75(26,27)28/h31-34,36-39,42-49H,35,40-41H2,1-28H3.